The van der Waals surface area contributed by atoms with E-state index in [1.54, 1.807) is 21.8 Å². The van der Waals surface area contributed by atoms with Crippen LogP contribution < -0.4 is 11.2 Å². The van der Waals surface area contributed by atoms with Gasteiger partial charge in [-0.25, -0.2) is 0 Å². The van der Waals surface area contributed by atoms with Crippen molar-refractivity contribution in [2.45, 2.75) is 13.1 Å². The van der Waals surface area contributed by atoms with Crippen molar-refractivity contribution in [2.24, 2.45) is 0 Å². The van der Waals surface area contributed by atoms with E-state index in [9.17, 15) is 4.79 Å². The highest BCUT2D eigenvalue weighted by Crippen LogP contribution is 2.08. The Morgan fingerprint density at radius 2 is 1.95 bits per heavy atom. The number of nitrogens with two attached hydrogens (primary N) is 1. The predicted molar refractivity (Wildman–Crippen MR) is 72.6 cm³/mol. The molecular formula is C13H13N5O. The molecule has 1 aromatic carbocycles. The molecule has 6 heteroatoms. The van der Waals surface area contributed by atoms with Gasteiger partial charge >= 0.3 is 0 Å². The molecule has 0 bridgehead atoms. The van der Waals surface area contributed by atoms with Crippen LogP contribution in [0.15, 0.2) is 47.7 Å². The predicted octanol–water partition coefficient (Wildman–Crippen LogP) is 0.875. The molecule has 2 N–H and O–H groups in total. The molecule has 2 aromatic heterocycles. The Kier molecular flexibility index (Phi) is 2.75. The van der Waals surface area contributed by atoms with Crippen molar-refractivity contribution in [3.63, 3.8) is 0 Å². The molecule has 3 aromatic rings. The van der Waals surface area contributed by atoms with Crippen LogP contribution in [0.1, 0.15) is 0 Å². The van der Waals surface area contributed by atoms with Gasteiger partial charge in [-0.1, -0.05) is 12.1 Å². The molecule has 0 saturated carbocycles. The van der Waals surface area contributed by atoms with Gasteiger partial charge in [0.05, 0.1) is 36.7 Å². The minimum atomic E-state index is -0.0600. The molecule has 0 fully saturated rings. The second kappa shape index (κ2) is 4.56. The molecule has 0 unspecified atom stereocenters. The summed E-state index contributed by atoms with van der Waals surface area (Å²) in [6, 6.07) is 7.44. The number of para-hydroxylation sites is 1. The average Bonchev–Trinajstić information content (AvgIpc) is 2.84. The minimum Gasteiger partial charge on any atom is -0.396 e. The third-order valence-corrected chi connectivity index (χ3v) is 2.96. The fourth-order valence-electron chi connectivity index (χ4n) is 2.04. The van der Waals surface area contributed by atoms with Crippen molar-refractivity contribution in [2.75, 3.05) is 5.73 Å². The molecule has 19 heavy (non-hydrogen) atoms. The van der Waals surface area contributed by atoms with E-state index in [1.807, 2.05) is 24.3 Å². The highest BCUT2D eigenvalue weighted by atomic mass is 16.1. The topological polar surface area (TPSA) is 78.7 Å². The van der Waals surface area contributed by atoms with Crippen LogP contribution in [-0.4, -0.2) is 19.6 Å². The van der Waals surface area contributed by atoms with E-state index in [1.165, 1.54) is 6.20 Å². The van der Waals surface area contributed by atoms with E-state index in [0.717, 1.165) is 5.52 Å². The number of fused-ring (bicyclic) bond motifs is 1. The van der Waals surface area contributed by atoms with Gasteiger partial charge in [-0.15, -0.1) is 0 Å². The van der Waals surface area contributed by atoms with E-state index >= 15 is 0 Å². The minimum absolute atomic E-state index is 0.0600. The Hall–Kier alpha value is -2.63. The number of anilines is 1. The molecule has 0 spiro atoms. The number of nitrogens with zero attached hydrogens (tertiary/aromatic N) is 4. The van der Waals surface area contributed by atoms with Gasteiger partial charge in [0, 0.05) is 11.6 Å². The van der Waals surface area contributed by atoms with Crippen LogP contribution in [0.25, 0.3) is 10.9 Å². The third-order valence-electron chi connectivity index (χ3n) is 2.96. The summed E-state index contributed by atoms with van der Waals surface area (Å²) >= 11 is 0. The lowest BCUT2D eigenvalue weighted by Gasteiger charge is -2.08. The molecule has 2 heterocycles. The monoisotopic (exact) mass is 255 g/mol. The lowest BCUT2D eigenvalue weighted by Crippen LogP contribution is -2.15. The third kappa shape index (κ3) is 2.20. The molecule has 0 radical (unpaired) electrons. The van der Waals surface area contributed by atoms with Crippen LogP contribution in [0.2, 0.25) is 0 Å². The smallest absolute Gasteiger partial charge is 0.207 e. The Balaban J connectivity index is 1.93. The largest absolute Gasteiger partial charge is 0.396 e. The number of hydrogen-bond donors (Lipinski definition) is 1. The summed E-state index contributed by atoms with van der Waals surface area (Å²) in [6.45, 7) is 1.28. The van der Waals surface area contributed by atoms with Gasteiger partial charge in [0.1, 0.15) is 0 Å². The molecule has 0 saturated heterocycles. The Labute approximate surface area is 109 Å². The van der Waals surface area contributed by atoms with Crippen LogP contribution in [0, 0.1) is 0 Å². The second-order valence-electron chi connectivity index (χ2n) is 4.29. The zero-order valence-corrected chi connectivity index (χ0v) is 10.2. The molecule has 0 aliphatic carbocycles. The van der Waals surface area contributed by atoms with Gasteiger partial charge in [0.15, 0.2) is 0 Å². The Morgan fingerprint density at radius 1 is 1.11 bits per heavy atom. The second-order valence-corrected chi connectivity index (χ2v) is 4.29. The normalized spacial score (nSPS) is 10.9. The number of aryl methyl sites for hydroxylation is 2. The standard InChI is InChI=1S/C13H13N5O/c14-10-7-15-17(9-10)5-6-18-12-4-2-1-3-11(12)13(19)8-16-18/h1-4,7-9H,5-6,14H2. The first-order valence-electron chi connectivity index (χ1n) is 5.97. The quantitative estimate of drug-likeness (QED) is 0.753. The lowest BCUT2D eigenvalue weighted by atomic mass is 10.2. The molecule has 6 nitrogen and oxygen atoms in total. The van der Waals surface area contributed by atoms with Gasteiger partial charge in [-0.2, -0.15) is 10.2 Å². The van der Waals surface area contributed by atoms with Crippen molar-refractivity contribution in [1.29, 1.82) is 0 Å². The maximum Gasteiger partial charge on any atom is 0.207 e. The van der Waals surface area contributed by atoms with Crippen molar-refractivity contribution < 1.29 is 0 Å². The molecule has 0 amide bonds. The Bertz CT molecular complexity index is 774. The molecule has 3 rings (SSSR count). The van der Waals surface area contributed by atoms with Crippen LogP contribution in [-0.2, 0) is 13.1 Å². The molecule has 0 atom stereocenters. The number of benzene rings is 1. The van der Waals surface area contributed by atoms with E-state index in [4.69, 9.17) is 5.73 Å². The molecule has 96 valence electrons. The SMILES string of the molecule is Nc1cnn(CCn2ncc(=O)c3ccccc32)c1. The number of rotatable bonds is 3. The van der Waals surface area contributed by atoms with Crippen LogP contribution >= 0.6 is 0 Å². The highest BCUT2D eigenvalue weighted by molar-refractivity contribution is 5.77. The van der Waals surface area contributed by atoms with Crippen molar-refractivity contribution in [1.82, 2.24) is 19.6 Å². The first-order chi connectivity index (χ1) is 9.24. The van der Waals surface area contributed by atoms with Gasteiger partial charge in [-0.3, -0.25) is 14.2 Å². The number of hydrogen-bond acceptors (Lipinski definition) is 4. The summed E-state index contributed by atoms with van der Waals surface area (Å²) in [5.74, 6) is 0. The van der Waals surface area contributed by atoms with Gasteiger partial charge < -0.3 is 5.73 Å². The Morgan fingerprint density at radius 3 is 2.74 bits per heavy atom. The summed E-state index contributed by atoms with van der Waals surface area (Å²) in [4.78, 5) is 11.7. The summed E-state index contributed by atoms with van der Waals surface area (Å²) in [6.07, 6.45) is 4.72. The highest BCUT2D eigenvalue weighted by Gasteiger charge is 2.03. The van der Waals surface area contributed by atoms with Crippen LogP contribution in [0.4, 0.5) is 5.69 Å². The number of aromatic nitrogens is 4. The first-order valence-corrected chi connectivity index (χ1v) is 5.97. The summed E-state index contributed by atoms with van der Waals surface area (Å²) < 4.78 is 3.55. The van der Waals surface area contributed by atoms with Gasteiger partial charge in [0.25, 0.3) is 0 Å². The fourth-order valence-corrected chi connectivity index (χ4v) is 2.04. The maximum atomic E-state index is 11.7. The zero-order valence-electron chi connectivity index (χ0n) is 10.2. The summed E-state index contributed by atoms with van der Waals surface area (Å²) in [5, 5.41) is 8.96. The van der Waals surface area contributed by atoms with Crippen LogP contribution in [0.5, 0.6) is 0 Å². The van der Waals surface area contributed by atoms with E-state index in [0.29, 0.717) is 24.2 Å². The molecular weight excluding hydrogens is 242 g/mol. The van der Waals surface area contributed by atoms with Crippen molar-refractivity contribution in [3.05, 3.63) is 53.1 Å². The van der Waals surface area contributed by atoms with E-state index in [-0.39, 0.29) is 5.43 Å². The zero-order chi connectivity index (χ0) is 13.2. The first kappa shape index (κ1) is 11.5. The molecule has 0 aliphatic rings. The van der Waals surface area contributed by atoms with Crippen LogP contribution in [0.3, 0.4) is 0 Å². The van der Waals surface area contributed by atoms with Gasteiger partial charge in [-0.05, 0) is 12.1 Å². The maximum absolute atomic E-state index is 11.7. The summed E-state index contributed by atoms with van der Waals surface area (Å²) in [5.41, 5.74) is 7.02. The fraction of sp³-hybridized carbons (Fsp3) is 0.154. The lowest BCUT2D eigenvalue weighted by molar-refractivity contribution is 0.505. The van der Waals surface area contributed by atoms with E-state index < -0.39 is 0 Å². The molecule has 0 aliphatic heterocycles. The van der Waals surface area contributed by atoms with Crippen molar-refractivity contribution >= 4 is 16.6 Å². The van der Waals surface area contributed by atoms with Gasteiger partial charge in [0.2, 0.25) is 5.43 Å². The van der Waals surface area contributed by atoms with E-state index in [2.05, 4.69) is 10.2 Å². The summed E-state index contributed by atoms with van der Waals surface area (Å²) in [7, 11) is 0. The van der Waals surface area contributed by atoms with Crippen molar-refractivity contribution in [3.8, 4) is 0 Å². The number of nitrogen functional groups attached to an aromatic ring is 1. The average molecular weight is 255 g/mol.